The smallest absolute Gasteiger partial charge is 0.339 e. The van der Waals surface area contributed by atoms with Gasteiger partial charge in [-0.1, -0.05) is 63.2 Å². The van der Waals surface area contributed by atoms with Crippen molar-refractivity contribution in [2.24, 2.45) is 0 Å². The summed E-state index contributed by atoms with van der Waals surface area (Å²) in [5.41, 5.74) is 6.24. The third-order valence-electron chi connectivity index (χ3n) is 7.74. The van der Waals surface area contributed by atoms with Gasteiger partial charge in [0.25, 0.3) is 5.91 Å². The molecule has 1 atom stereocenters. The second kappa shape index (κ2) is 10.2. The first-order valence-electron chi connectivity index (χ1n) is 13.3. The SMILES string of the molecule is CN(C(=O)COC(=O)c1c2c(nc3ccccc13)/C(=C\c1ccc(C(C)(C)C)cc1)CC2)[C@H]1CCS(=O)(=O)C1. The van der Waals surface area contributed by atoms with Gasteiger partial charge in [-0.3, -0.25) is 4.79 Å². The number of aromatic nitrogens is 1. The van der Waals surface area contributed by atoms with Crippen molar-refractivity contribution in [2.45, 2.75) is 51.5 Å². The summed E-state index contributed by atoms with van der Waals surface area (Å²) in [6.45, 7) is 6.12. The summed E-state index contributed by atoms with van der Waals surface area (Å²) in [4.78, 5) is 32.5. The van der Waals surface area contributed by atoms with Gasteiger partial charge >= 0.3 is 5.97 Å². The molecule has 0 saturated carbocycles. The molecule has 5 rings (SSSR count). The van der Waals surface area contributed by atoms with E-state index >= 15 is 0 Å². The molecule has 1 saturated heterocycles. The van der Waals surface area contributed by atoms with E-state index in [0.29, 0.717) is 29.3 Å². The number of ether oxygens (including phenoxy) is 1. The number of hydrogen-bond donors (Lipinski definition) is 0. The molecule has 2 aliphatic rings. The number of rotatable bonds is 5. The molecule has 1 amide bonds. The average molecular weight is 547 g/mol. The van der Waals surface area contributed by atoms with Crippen molar-refractivity contribution in [1.82, 2.24) is 9.88 Å². The Morgan fingerprint density at radius 2 is 1.79 bits per heavy atom. The highest BCUT2D eigenvalue weighted by Gasteiger charge is 2.33. The zero-order valence-electron chi connectivity index (χ0n) is 22.9. The Balaban J connectivity index is 1.41. The first-order valence-corrected chi connectivity index (χ1v) is 15.1. The van der Waals surface area contributed by atoms with Gasteiger partial charge in [-0.25, -0.2) is 18.2 Å². The number of hydrogen-bond acceptors (Lipinski definition) is 6. The Kier molecular flexibility index (Phi) is 7.10. The molecule has 0 bridgehead atoms. The molecular weight excluding hydrogens is 512 g/mol. The topological polar surface area (TPSA) is 93.6 Å². The summed E-state index contributed by atoms with van der Waals surface area (Å²) in [7, 11) is -1.57. The van der Waals surface area contributed by atoms with Gasteiger partial charge in [0.05, 0.1) is 28.3 Å². The number of sulfone groups is 1. The molecule has 2 heterocycles. The van der Waals surface area contributed by atoms with E-state index in [4.69, 9.17) is 9.72 Å². The highest BCUT2D eigenvalue weighted by Crippen LogP contribution is 2.38. The number of nitrogens with zero attached hydrogens (tertiary/aromatic N) is 2. The maximum absolute atomic E-state index is 13.4. The fourth-order valence-electron chi connectivity index (χ4n) is 5.38. The van der Waals surface area contributed by atoms with Gasteiger partial charge in [0.2, 0.25) is 0 Å². The number of esters is 1. The number of benzene rings is 2. The van der Waals surface area contributed by atoms with Gasteiger partial charge < -0.3 is 9.64 Å². The monoisotopic (exact) mass is 546 g/mol. The van der Waals surface area contributed by atoms with Crippen molar-refractivity contribution >= 4 is 44.3 Å². The molecule has 204 valence electrons. The average Bonchev–Trinajstić information content (AvgIpc) is 3.47. The highest BCUT2D eigenvalue weighted by atomic mass is 32.2. The number of carbonyl (C=O) groups is 2. The van der Waals surface area contributed by atoms with Gasteiger partial charge in [-0.15, -0.1) is 0 Å². The zero-order chi connectivity index (χ0) is 27.9. The van der Waals surface area contributed by atoms with E-state index in [9.17, 15) is 18.0 Å². The Hall–Kier alpha value is -3.52. The fraction of sp³-hybridized carbons (Fsp3) is 0.387. The summed E-state index contributed by atoms with van der Waals surface area (Å²) in [5.74, 6) is -0.971. The van der Waals surface area contributed by atoms with E-state index in [2.05, 4.69) is 51.1 Å². The van der Waals surface area contributed by atoms with Crippen LogP contribution in [0.4, 0.5) is 0 Å². The Morgan fingerprint density at radius 1 is 1.08 bits per heavy atom. The van der Waals surface area contributed by atoms with Crippen LogP contribution >= 0.6 is 0 Å². The summed E-state index contributed by atoms with van der Waals surface area (Å²) in [6, 6.07) is 15.6. The third-order valence-corrected chi connectivity index (χ3v) is 9.49. The van der Waals surface area contributed by atoms with Gasteiger partial charge in [0.1, 0.15) is 0 Å². The van der Waals surface area contributed by atoms with Crippen molar-refractivity contribution in [3.05, 3.63) is 76.5 Å². The first kappa shape index (κ1) is 27.1. The minimum atomic E-state index is -3.13. The largest absolute Gasteiger partial charge is 0.452 e. The second-order valence-electron chi connectivity index (χ2n) is 11.5. The molecule has 1 aliphatic heterocycles. The van der Waals surface area contributed by atoms with Crippen LogP contribution in [0.5, 0.6) is 0 Å². The predicted octanol–water partition coefficient (Wildman–Crippen LogP) is 4.82. The molecule has 3 aromatic rings. The lowest BCUT2D eigenvalue weighted by Gasteiger charge is -2.23. The van der Waals surface area contributed by atoms with Crippen LogP contribution in [0.15, 0.2) is 48.5 Å². The maximum atomic E-state index is 13.4. The number of carbonyl (C=O) groups excluding carboxylic acids is 2. The van der Waals surface area contributed by atoms with Crippen LogP contribution in [0.2, 0.25) is 0 Å². The van der Waals surface area contributed by atoms with Crippen molar-refractivity contribution < 1.29 is 22.7 Å². The van der Waals surface area contributed by atoms with Crippen molar-refractivity contribution in [3.8, 4) is 0 Å². The molecule has 7 nitrogen and oxygen atoms in total. The maximum Gasteiger partial charge on any atom is 0.339 e. The molecule has 0 unspecified atom stereocenters. The van der Waals surface area contributed by atoms with Crippen LogP contribution < -0.4 is 0 Å². The Morgan fingerprint density at radius 3 is 2.46 bits per heavy atom. The van der Waals surface area contributed by atoms with E-state index in [1.165, 1.54) is 10.5 Å². The Labute approximate surface area is 229 Å². The molecule has 2 aromatic carbocycles. The molecule has 1 fully saturated rings. The number of allylic oxidation sites excluding steroid dienone is 1. The predicted molar refractivity (Wildman–Crippen MR) is 153 cm³/mol. The van der Waals surface area contributed by atoms with Crippen molar-refractivity contribution in [2.75, 3.05) is 25.2 Å². The van der Waals surface area contributed by atoms with Crippen LogP contribution in [0, 0.1) is 0 Å². The molecule has 1 aromatic heterocycles. The normalized spacial score (nSPS) is 19.3. The first-order chi connectivity index (χ1) is 18.4. The summed E-state index contributed by atoms with van der Waals surface area (Å²) >= 11 is 0. The van der Waals surface area contributed by atoms with Gasteiger partial charge in [-0.05, 0) is 59.1 Å². The van der Waals surface area contributed by atoms with Crippen LogP contribution in [0.1, 0.15) is 66.4 Å². The molecule has 0 radical (unpaired) electrons. The lowest BCUT2D eigenvalue weighted by molar-refractivity contribution is -0.134. The van der Waals surface area contributed by atoms with Crippen LogP contribution in [-0.2, 0) is 31.2 Å². The summed E-state index contributed by atoms with van der Waals surface area (Å²) in [6.07, 6.45) is 3.92. The molecule has 8 heteroatoms. The van der Waals surface area contributed by atoms with Crippen LogP contribution in [0.3, 0.4) is 0 Å². The minimum Gasteiger partial charge on any atom is -0.452 e. The summed E-state index contributed by atoms with van der Waals surface area (Å²) < 4.78 is 29.2. The number of pyridine rings is 1. The number of amides is 1. The van der Waals surface area contributed by atoms with E-state index < -0.39 is 34.4 Å². The summed E-state index contributed by atoms with van der Waals surface area (Å²) in [5, 5.41) is 0.694. The lowest BCUT2D eigenvalue weighted by Crippen LogP contribution is -2.40. The van der Waals surface area contributed by atoms with Crippen LogP contribution in [0.25, 0.3) is 22.6 Å². The number of para-hydroxylation sites is 1. The van der Waals surface area contributed by atoms with Crippen LogP contribution in [-0.4, -0.2) is 61.4 Å². The molecule has 39 heavy (non-hydrogen) atoms. The molecular formula is C31H34N2O5S. The van der Waals surface area contributed by atoms with E-state index in [0.717, 1.165) is 28.8 Å². The van der Waals surface area contributed by atoms with E-state index in [1.54, 1.807) is 7.05 Å². The zero-order valence-corrected chi connectivity index (χ0v) is 23.7. The fourth-order valence-corrected chi connectivity index (χ4v) is 7.15. The van der Waals surface area contributed by atoms with Crippen molar-refractivity contribution in [3.63, 3.8) is 0 Å². The Bertz CT molecular complexity index is 1580. The van der Waals surface area contributed by atoms with Gasteiger partial charge in [0.15, 0.2) is 16.4 Å². The number of likely N-dealkylation sites (N-methyl/N-ethyl adjacent to an activating group) is 1. The third kappa shape index (κ3) is 5.62. The van der Waals surface area contributed by atoms with Gasteiger partial charge in [-0.2, -0.15) is 0 Å². The quantitative estimate of drug-likeness (QED) is 0.426. The lowest BCUT2D eigenvalue weighted by atomic mass is 9.86. The van der Waals surface area contributed by atoms with Gasteiger partial charge in [0, 0.05) is 18.5 Å². The highest BCUT2D eigenvalue weighted by molar-refractivity contribution is 7.91. The molecule has 0 spiro atoms. The molecule has 1 aliphatic carbocycles. The van der Waals surface area contributed by atoms with E-state index in [-0.39, 0.29) is 16.9 Å². The second-order valence-corrected chi connectivity index (χ2v) is 13.7. The standard InChI is InChI=1S/C31H34N2O5S/c1-31(2,3)22-12-9-20(10-13-22)17-21-11-14-25-28(24-7-5-6-8-26(24)32-29(21)25)30(35)38-18-27(34)33(4)23-15-16-39(36,37)19-23/h5-10,12-13,17,23H,11,14-16,18-19H2,1-4H3/b21-17-/t23-/m0/s1. The minimum absolute atomic E-state index is 0.0558. The number of fused-ring (bicyclic) bond motifs is 2. The van der Waals surface area contributed by atoms with E-state index in [1.807, 2.05) is 24.3 Å². The molecule has 0 N–H and O–H groups in total. The van der Waals surface area contributed by atoms with Crippen molar-refractivity contribution in [1.29, 1.82) is 0 Å².